The van der Waals surface area contributed by atoms with Gasteiger partial charge < -0.3 is 70.7 Å². The molecular weight excluding hydrogens is 999 g/mol. The molecule has 1 fully saturated rings. The summed E-state index contributed by atoms with van der Waals surface area (Å²) in [6, 6.07) is 5.78. The predicted molar refractivity (Wildman–Crippen MR) is 283 cm³/mol. The van der Waals surface area contributed by atoms with E-state index in [9.17, 15) is 53.1 Å². The van der Waals surface area contributed by atoms with Gasteiger partial charge in [0, 0.05) is 74.8 Å². The first-order valence-corrected chi connectivity index (χ1v) is 25.1. The minimum Gasteiger partial charge on any atom is -0.481 e. The number of aliphatic imine (C=N–C) groups is 2. The van der Waals surface area contributed by atoms with Crippen LogP contribution >= 0.6 is 0 Å². The van der Waals surface area contributed by atoms with E-state index in [4.69, 9.17) is 35.2 Å². The van der Waals surface area contributed by atoms with Crippen molar-refractivity contribution in [3.63, 3.8) is 0 Å². The lowest BCUT2D eigenvalue weighted by Crippen LogP contribution is -2.58. The molecule has 2 heterocycles. The Balaban J connectivity index is 1.80. The molecule has 77 heavy (non-hydrogen) atoms. The number of para-hydroxylation sites is 1. The second-order valence-corrected chi connectivity index (χ2v) is 18.7. The third-order valence-electron chi connectivity index (χ3n) is 12.7. The number of carbonyl (C=O) groups excluding carboxylic acids is 9. The van der Waals surface area contributed by atoms with Crippen LogP contribution in [0.2, 0.25) is 0 Å². The molecule has 26 nitrogen and oxygen atoms in total. The molecule has 1 saturated heterocycles. The van der Waals surface area contributed by atoms with Crippen molar-refractivity contribution < 1.29 is 53.1 Å². The normalized spacial score (nSPS) is 20.9. The summed E-state index contributed by atoms with van der Waals surface area (Å²) in [6.45, 7) is 8.63. The molecule has 18 N–H and O–H groups in total. The number of guanidine groups is 2. The monoisotopic (exact) mass is 1070 g/mol. The number of Topliss-reactive ketones (excluding diaryl/α,β-unsaturated/α-hetero) is 2. The SMILES string of the molecule is [C-]#[N+]c1ccc(C[C@H]2NC(=O)[C@H](CC(=O)O)NC(=O)[C@@H](NC(=O)[C@H](CCCN=C(N)N)NC(C)=O)CCC(=O)NCCC[C@@H](C(N)=O)NC(=O)[C@H](Cc3c[nH]c4ccccc34)CC(=O)[C@H](CCCN=C(N)N)CC2=O)cc1. The Morgan fingerprint density at radius 2 is 1.45 bits per heavy atom. The number of carboxylic acids is 1. The number of rotatable bonds is 18. The van der Waals surface area contributed by atoms with Crippen molar-refractivity contribution >= 4 is 87.4 Å². The van der Waals surface area contributed by atoms with E-state index in [2.05, 4.69) is 51.7 Å². The van der Waals surface area contributed by atoms with Gasteiger partial charge in [-0.15, -0.1) is 0 Å². The van der Waals surface area contributed by atoms with E-state index in [1.807, 2.05) is 18.2 Å². The fourth-order valence-corrected chi connectivity index (χ4v) is 8.69. The van der Waals surface area contributed by atoms with Crippen LogP contribution in [0.1, 0.15) is 88.7 Å². The van der Waals surface area contributed by atoms with Gasteiger partial charge in [-0.25, -0.2) is 4.85 Å². The Morgan fingerprint density at radius 1 is 0.792 bits per heavy atom. The van der Waals surface area contributed by atoms with Crippen molar-refractivity contribution in [2.24, 2.45) is 50.5 Å². The van der Waals surface area contributed by atoms with Crippen LogP contribution < -0.4 is 60.6 Å². The van der Waals surface area contributed by atoms with Gasteiger partial charge >= 0.3 is 5.97 Å². The van der Waals surface area contributed by atoms with Crippen LogP contribution in [0.25, 0.3) is 15.7 Å². The zero-order valence-electron chi connectivity index (χ0n) is 42.8. The minimum atomic E-state index is -1.90. The summed E-state index contributed by atoms with van der Waals surface area (Å²) in [6.07, 6.45) is -0.966. The lowest BCUT2D eigenvalue weighted by molar-refractivity contribution is -0.141. The lowest BCUT2D eigenvalue weighted by Gasteiger charge is -2.27. The van der Waals surface area contributed by atoms with Gasteiger partial charge in [0.05, 0.1) is 19.0 Å². The van der Waals surface area contributed by atoms with Crippen LogP contribution in [0, 0.1) is 18.4 Å². The summed E-state index contributed by atoms with van der Waals surface area (Å²) < 4.78 is 0. The zero-order valence-corrected chi connectivity index (χ0v) is 42.8. The summed E-state index contributed by atoms with van der Waals surface area (Å²) in [5, 5.41) is 26.0. The highest BCUT2D eigenvalue weighted by molar-refractivity contribution is 5.99. The Labute approximate surface area is 444 Å². The molecule has 0 saturated carbocycles. The van der Waals surface area contributed by atoms with E-state index in [0.29, 0.717) is 11.1 Å². The number of nitrogens with zero attached hydrogens (tertiary/aromatic N) is 3. The maximum atomic E-state index is 14.7. The maximum absolute atomic E-state index is 14.7. The molecule has 1 aromatic heterocycles. The highest BCUT2D eigenvalue weighted by Crippen LogP contribution is 2.26. The summed E-state index contributed by atoms with van der Waals surface area (Å²) in [5.74, 6) is -11.5. The van der Waals surface area contributed by atoms with Gasteiger partial charge in [0.1, 0.15) is 30.0 Å². The largest absolute Gasteiger partial charge is 0.481 e. The number of hydrogen-bond donors (Lipinski definition) is 13. The van der Waals surface area contributed by atoms with E-state index >= 15 is 0 Å². The number of aliphatic carboxylic acids is 1. The molecule has 0 radical (unpaired) electrons. The van der Waals surface area contributed by atoms with Crippen molar-refractivity contribution in [3.05, 3.63) is 77.3 Å². The molecule has 26 heteroatoms. The van der Waals surface area contributed by atoms with Gasteiger partial charge in [0.2, 0.25) is 41.4 Å². The molecule has 0 aliphatic carbocycles. The summed E-state index contributed by atoms with van der Waals surface area (Å²) in [4.78, 5) is 151. The van der Waals surface area contributed by atoms with Crippen molar-refractivity contribution in [1.82, 2.24) is 36.9 Å². The summed E-state index contributed by atoms with van der Waals surface area (Å²) in [5.41, 5.74) is 29.9. The Kier molecular flexibility index (Phi) is 24.0. The van der Waals surface area contributed by atoms with E-state index in [1.54, 1.807) is 12.3 Å². The van der Waals surface area contributed by atoms with E-state index in [-0.39, 0.29) is 88.6 Å². The van der Waals surface area contributed by atoms with Gasteiger partial charge in [-0.05, 0) is 75.0 Å². The van der Waals surface area contributed by atoms with Gasteiger partial charge in [0.25, 0.3) is 0 Å². The second-order valence-electron chi connectivity index (χ2n) is 18.7. The number of H-pyrrole nitrogens is 1. The average molecular weight is 1070 g/mol. The number of aromatic nitrogens is 1. The number of carbonyl (C=O) groups is 10. The molecule has 1 aliphatic rings. The summed E-state index contributed by atoms with van der Waals surface area (Å²) in [7, 11) is 0. The first-order chi connectivity index (χ1) is 36.6. The Morgan fingerprint density at radius 3 is 2.10 bits per heavy atom. The molecule has 2 aromatic carbocycles. The molecule has 3 aromatic rings. The van der Waals surface area contributed by atoms with E-state index < -0.39 is 133 Å². The predicted octanol–water partition coefficient (Wildman–Crippen LogP) is -1.14. The molecule has 7 atom stereocenters. The quantitative estimate of drug-likeness (QED) is 0.0310. The van der Waals surface area contributed by atoms with Crippen molar-refractivity contribution in [2.75, 3.05) is 19.6 Å². The molecule has 0 spiro atoms. The fraction of sp³-hybridized carbons (Fsp3) is 0.471. The third kappa shape index (κ3) is 20.7. The first kappa shape index (κ1) is 60.7. The first-order valence-electron chi connectivity index (χ1n) is 25.1. The zero-order chi connectivity index (χ0) is 56.6. The van der Waals surface area contributed by atoms with Crippen LogP contribution in [0.3, 0.4) is 0 Å². The van der Waals surface area contributed by atoms with Gasteiger partial charge in [-0.3, -0.25) is 57.9 Å². The maximum Gasteiger partial charge on any atom is 0.305 e. The minimum absolute atomic E-state index is 0.00251. The highest BCUT2D eigenvalue weighted by atomic mass is 16.4. The Bertz CT molecular complexity index is 2710. The molecule has 4 rings (SSSR count). The standard InChI is InChI=1S/C51H69N15O11/c1-28(67)62-37(12-7-21-60-51(55)56)47(75)64-38-17-18-43(70)58-19-6-11-36(45(52)73)63-46(74)31(23-32-27-61-35-10-4-3-9-34(32)35)25-41(68)30(8-5-20-59-50(53)54)24-42(69)39(22-29-13-15-33(57-2)16-14-29)65-49(77)40(26-44(71)72)66-48(38)76/h3-4,9-10,13-16,27,30-31,36-40,61H,5-8,11-12,17-26H2,1H3,(H2,52,73)(H,58,70)(H,62,67)(H,63,74)(H,64,75)(H,65,77)(H,66,76)(H,71,72)(H4,53,54,59)(H4,55,56,60)/t30-,31-,36+,37+,38+,39-,40+/m1/s1. The highest BCUT2D eigenvalue weighted by Gasteiger charge is 2.36. The Hall–Kier alpha value is -8.89. The average Bonchev–Trinajstić information content (AvgIpc) is 3.78. The van der Waals surface area contributed by atoms with Crippen LogP contribution in [-0.4, -0.2) is 131 Å². The number of nitrogens with one attached hydrogen (secondary N) is 7. The van der Waals surface area contributed by atoms with Crippen LogP contribution in [0.4, 0.5) is 5.69 Å². The van der Waals surface area contributed by atoms with Gasteiger partial charge in [0.15, 0.2) is 23.4 Å². The van der Waals surface area contributed by atoms with Crippen molar-refractivity contribution in [1.29, 1.82) is 0 Å². The number of nitrogens with two attached hydrogens (primary N) is 5. The number of aromatic amines is 1. The van der Waals surface area contributed by atoms with Crippen LogP contribution in [0.15, 0.2) is 64.7 Å². The lowest BCUT2D eigenvalue weighted by atomic mass is 9.83. The number of primary amides is 1. The molecule has 0 bridgehead atoms. The topological polar surface area (TPSA) is 438 Å². The second kappa shape index (κ2) is 30.5. The summed E-state index contributed by atoms with van der Waals surface area (Å²) >= 11 is 0. The molecular formula is C51H69N15O11. The molecule has 414 valence electrons. The molecule has 7 amide bonds. The fourth-order valence-electron chi connectivity index (χ4n) is 8.69. The van der Waals surface area contributed by atoms with E-state index in [0.717, 1.165) is 17.8 Å². The van der Waals surface area contributed by atoms with Gasteiger partial charge in [-0.1, -0.05) is 42.5 Å². The number of carboxylic acid groups (broad SMARTS) is 1. The van der Waals surface area contributed by atoms with E-state index in [1.165, 1.54) is 24.3 Å². The van der Waals surface area contributed by atoms with Crippen molar-refractivity contribution in [3.8, 4) is 0 Å². The number of ketones is 2. The van der Waals surface area contributed by atoms with Crippen LogP contribution in [-0.2, 0) is 60.8 Å². The smallest absolute Gasteiger partial charge is 0.305 e. The van der Waals surface area contributed by atoms with Crippen molar-refractivity contribution in [2.45, 2.75) is 121 Å². The number of benzene rings is 2. The van der Waals surface area contributed by atoms with Crippen LogP contribution in [0.5, 0.6) is 0 Å². The molecule has 0 unspecified atom stereocenters. The number of fused-ring (bicyclic) bond motifs is 1. The number of amides is 7. The molecule has 1 aliphatic heterocycles. The van der Waals surface area contributed by atoms with Gasteiger partial charge in [-0.2, -0.15) is 0 Å². The third-order valence-corrected chi connectivity index (χ3v) is 12.7. The number of hydrogen-bond acceptors (Lipinski definition) is 12.